The predicted molar refractivity (Wildman–Crippen MR) is 95.6 cm³/mol. The van der Waals surface area contributed by atoms with E-state index < -0.39 is 11.8 Å². The highest BCUT2D eigenvalue weighted by Gasteiger charge is 2.21. The third kappa shape index (κ3) is 4.41. The third-order valence-electron chi connectivity index (χ3n) is 3.35. The second kappa shape index (κ2) is 8.33. The molecule has 0 saturated carbocycles. The first kappa shape index (κ1) is 18.4. The third-order valence-corrected chi connectivity index (χ3v) is 4.86. The molecule has 1 amide bonds. The maximum atomic E-state index is 13.7. The number of carbonyl (C=O) groups is 1. The zero-order valence-electron chi connectivity index (χ0n) is 13.3. The van der Waals surface area contributed by atoms with Crippen LogP contribution >= 0.6 is 27.7 Å². The lowest BCUT2D eigenvalue weighted by Crippen LogP contribution is -2.34. The van der Waals surface area contributed by atoms with Crippen molar-refractivity contribution in [3.05, 3.63) is 58.8 Å². The van der Waals surface area contributed by atoms with Gasteiger partial charge in [-0.1, -0.05) is 45.9 Å². The molecule has 0 saturated heterocycles. The number of nitrogens with one attached hydrogen (secondary N) is 1. The molecule has 0 bridgehead atoms. The van der Waals surface area contributed by atoms with Crippen LogP contribution in [0.5, 0.6) is 5.95 Å². The molecule has 0 fully saturated rings. The molecule has 3 rings (SSSR count). The predicted octanol–water partition coefficient (Wildman–Crippen LogP) is 3.05. The molecule has 9 heteroatoms. The number of para-hydroxylation sites is 1. The van der Waals surface area contributed by atoms with Gasteiger partial charge >= 0.3 is 0 Å². The van der Waals surface area contributed by atoms with Gasteiger partial charge in [0.05, 0.1) is 11.0 Å². The number of aromatic nitrogens is 2. The van der Waals surface area contributed by atoms with E-state index in [4.69, 9.17) is 4.52 Å². The van der Waals surface area contributed by atoms with Gasteiger partial charge in [0.1, 0.15) is 5.82 Å². The van der Waals surface area contributed by atoms with E-state index in [-0.39, 0.29) is 23.0 Å². The van der Waals surface area contributed by atoms with Crippen LogP contribution in [0.2, 0.25) is 0 Å². The SMILES string of the molecule is O=C(CCSc1c([O-])on[n+]1-c1ccccc1)Nc1ccc(Br)cc1F. The summed E-state index contributed by atoms with van der Waals surface area (Å²) in [7, 11) is 0. The van der Waals surface area contributed by atoms with Crippen LogP contribution in [0.4, 0.5) is 10.1 Å². The fourth-order valence-corrected chi connectivity index (χ4v) is 3.37. The fourth-order valence-electron chi connectivity index (χ4n) is 2.14. The van der Waals surface area contributed by atoms with E-state index in [1.807, 2.05) is 18.2 Å². The van der Waals surface area contributed by atoms with E-state index >= 15 is 0 Å². The fraction of sp³-hybridized carbons (Fsp3) is 0.118. The summed E-state index contributed by atoms with van der Waals surface area (Å²) in [5.41, 5.74) is 0.791. The Morgan fingerprint density at radius 1 is 1.31 bits per heavy atom. The van der Waals surface area contributed by atoms with Crippen LogP contribution in [-0.2, 0) is 4.79 Å². The highest BCUT2D eigenvalue weighted by atomic mass is 79.9. The van der Waals surface area contributed by atoms with Crippen LogP contribution in [-0.4, -0.2) is 16.9 Å². The highest BCUT2D eigenvalue weighted by Crippen LogP contribution is 2.24. The first-order valence-corrected chi connectivity index (χ1v) is 9.34. The monoisotopic (exact) mass is 437 g/mol. The lowest BCUT2D eigenvalue weighted by atomic mass is 10.3. The minimum absolute atomic E-state index is 0.0968. The second-order valence-electron chi connectivity index (χ2n) is 5.18. The summed E-state index contributed by atoms with van der Waals surface area (Å²) in [5, 5.41) is 18.3. The molecule has 0 unspecified atom stereocenters. The number of rotatable bonds is 6. The quantitative estimate of drug-likeness (QED) is 0.473. The van der Waals surface area contributed by atoms with E-state index in [1.165, 1.54) is 16.8 Å². The summed E-state index contributed by atoms with van der Waals surface area (Å²) in [6.07, 6.45) is 0.0968. The Labute approximate surface area is 161 Å². The molecule has 26 heavy (non-hydrogen) atoms. The molecule has 6 nitrogen and oxygen atoms in total. The van der Waals surface area contributed by atoms with Crippen LogP contribution in [0.15, 0.2) is 62.6 Å². The molecule has 2 aromatic carbocycles. The molecule has 134 valence electrons. The molecule has 0 radical (unpaired) electrons. The Bertz CT molecular complexity index is 921. The Balaban J connectivity index is 1.60. The number of halogens is 2. The number of thioether (sulfide) groups is 1. The summed E-state index contributed by atoms with van der Waals surface area (Å²) in [5.74, 6) is -1.14. The van der Waals surface area contributed by atoms with Crippen LogP contribution < -0.4 is 15.1 Å². The average Bonchev–Trinajstić information content (AvgIpc) is 2.99. The second-order valence-corrected chi connectivity index (χ2v) is 7.18. The lowest BCUT2D eigenvalue weighted by Gasteiger charge is -2.06. The summed E-state index contributed by atoms with van der Waals surface area (Å²) in [6.45, 7) is 0. The normalized spacial score (nSPS) is 10.7. The van der Waals surface area contributed by atoms with Crippen molar-refractivity contribution >= 4 is 39.3 Å². The van der Waals surface area contributed by atoms with Crippen molar-refractivity contribution in [1.29, 1.82) is 0 Å². The van der Waals surface area contributed by atoms with Gasteiger partial charge in [-0.15, -0.1) is 0 Å². The van der Waals surface area contributed by atoms with E-state index in [2.05, 4.69) is 26.5 Å². The molecule has 0 atom stereocenters. The van der Waals surface area contributed by atoms with Crippen molar-refractivity contribution in [3.63, 3.8) is 0 Å². The van der Waals surface area contributed by atoms with Gasteiger partial charge in [-0.25, -0.2) is 4.39 Å². The van der Waals surface area contributed by atoms with Gasteiger partial charge in [0.25, 0.3) is 5.03 Å². The molecular formula is C17H13BrFN3O3S. The zero-order valence-corrected chi connectivity index (χ0v) is 15.7. The van der Waals surface area contributed by atoms with Crippen molar-refractivity contribution in [2.45, 2.75) is 11.4 Å². The van der Waals surface area contributed by atoms with Gasteiger partial charge < -0.3 is 14.9 Å². The lowest BCUT2D eigenvalue weighted by molar-refractivity contribution is -0.705. The van der Waals surface area contributed by atoms with E-state index in [9.17, 15) is 14.3 Å². The molecule has 1 N–H and O–H groups in total. The first-order chi connectivity index (χ1) is 12.5. The summed E-state index contributed by atoms with van der Waals surface area (Å²) in [6, 6.07) is 13.4. The zero-order chi connectivity index (χ0) is 18.5. The average molecular weight is 438 g/mol. The molecule has 0 aliphatic carbocycles. The Morgan fingerprint density at radius 2 is 2.08 bits per heavy atom. The largest absolute Gasteiger partial charge is 0.538 e. The van der Waals surface area contributed by atoms with Gasteiger partial charge in [-0.05, 0) is 22.9 Å². The Kier molecular flexibility index (Phi) is 5.89. The van der Waals surface area contributed by atoms with Crippen molar-refractivity contribution in [2.75, 3.05) is 11.1 Å². The minimum Gasteiger partial charge on any atom is -0.538 e. The van der Waals surface area contributed by atoms with Crippen molar-refractivity contribution < 1.29 is 23.5 Å². The van der Waals surface area contributed by atoms with Crippen LogP contribution in [0, 0.1) is 5.82 Å². The summed E-state index contributed by atoms with van der Waals surface area (Å²) < 4.78 is 20.4. The summed E-state index contributed by atoms with van der Waals surface area (Å²) >= 11 is 4.31. The van der Waals surface area contributed by atoms with Crippen LogP contribution in [0.1, 0.15) is 6.42 Å². The van der Waals surface area contributed by atoms with Crippen molar-refractivity contribution in [1.82, 2.24) is 5.27 Å². The standard InChI is InChI=1S/C17H13BrFN3O3S/c18-11-6-7-14(13(19)10-11)20-15(23)8-9-26-16-17(24)25-21-22(16)12-4-2-1-3-5-12/h1-7,10H,8-9H2,(H-,20,21,23,24). The van der Waals surface area contributed by atoms with Crippen LogP contribution in [0.3, 0.4) is 0 Å². The number of anilines is 1. The van der Waals surface area contributed by atoms with Gasteiger partial charge in [0.2, 0.25) is 11.6 Å². The van der Waals surface area contributed by atoms with E-state index in [0.29, 0.717) is 15.9 Å². The smallest absolute Gasteiger partial charge is 0.297 e. The Hall–Kier alpha value is -2.39. The molecule has 0 spiro atoms. The van der Waals surface area contributed by atoms with Crippen molar-refractivity contribution in [3.8, 4) is 11.6 Å². The molecule has 0 aliphatic heterocycles. The number of hydrogen-bond donors (Lipinski definition) is 1. The molecule has 1 heterocycles. The van der Waals surface area contributed by atoms with Gasteiger partial charge in [0.15, 0.2) is 5.95 Å². The molecule has 0 aliphatic rings. The number of hydrogen-bond acceptors (Lipinski definition) is 5. The maximum absolute atomic E-state index is 13.7. The van der Waals surface area contributed by atoms with E-state index in [0.717, 1.165) is 11.8 Å². The van der Waals surface area contributed by atoms with Gasteiger partial charge in [-0.2, -0.15) is 0 Å². The Morgan fingerprint density at radius 3 is 2.81 bits per heavy atom. The highest BCUT2D eigenvalue weighted by molar-refractivity contribution is 9.10. The number of amides is 1. The van der Waals surface area contributed by atoms with E-state index in [1.54, 1.807) is 18.2 Å². The molecule has 1 aromatic heterocycles. The minimum atomic E-state index is -0.571. The summed E-state index contributed by atoms with van der Waals surface area (Å²) in [4.78, 5) is 12.0. The number of benzene rings is 2. The molecular weight excluding hydrogens is 425 g/mol. The molecule has 3 aromatic rings. The maximum Gasteiger partial charge on any atom is 0.297 e. The van der Waals surface area contributed by atoms with Gasteiger partial charge in [-0.3, -0.25) is 4.79 Å². The topological polar surface area (TPSA) is 82.1 Å². The number of carbonyl (C=O) groups excluding carboxylic acids is 1. The van der Waals surface area contributed by atoms with Gasteiger partial charge in [0, 0.05) is 28.8 Å². The first-order valence-electron chi connectivity index (χ1n) is 7.57. The van der Waals surface area contributed by atoms with Crippen LogP contribution in [0.25, 0.3) is 5.69 Å². The van der Waals surface area contributed by atoms with Crippen molar-refractivity contribution in [2.24, 2.45) is 0 Å². The number of nitrogens with zero attached hydrogens (tertiary/aromatic N) is 2.